The minimum Gasteiger partial charge on any atom is -0.497 e. The van der Waals surface area contributed by atoms with Crippen LogP contribution in [-0.2, 0) is 0 Å². The van der Waals surface area contributed by atoms with E-state index >= 15 is 0 Å². The first-order valence-corrected chi connectivity index (χ1v) is 8.12. The highest BCUT2D eigenvalue weighted by molar-refractivity contribution is 7.22. The molecule has 1 heterocycles. The lowest BCUT2D eigenvalue weighted by Crippen LogP contribution is -2.11. The average Bonchev–Trinajstić information content (AvgIpc) is 3.13. The zero-order valence-electron chi connectivity index (χ0n) is 14.4. The number of rotatable bonds is 4. The molecule has 0 aliphatic heterocycles. The van der Waals surface area contributed by atoms with E-state index in [-0.39, 0.29) is 5.91 Å². The van der Waals surface area contributed by atoms with Gasteiger partial charge in [0, 0.05) is 18.7 Å². The quantitative estimate of drug-likeness (QED) is 0.405. The summed E-state index contributed by atoms with van der Waals surface area (Å²) >= 11 is 1.40. The number of nitriles is 2. The maximum atomic E-state index is 12.2. The van der Waals surface area contributed by atoms with E-state index < -0.39 is 0 Å². The van der Waals surface area contributed by atoms with Gasteiger partial charge in [0.25, 0.3) is 5.91 Å². The summed E-state index contributed by atoms with van der Waals surface area (Å²) in [5.41, 5.74) is 2.24. The number of hydrogen-bond acceptors (Lipinski definition) is 8. The Morgan fingerprint density at radius 1 is 1.22 bits per heavy atom. The molecule has 0 saturated heterocycles. The highest BCUT2D eigenvalue weighted by Crippen LogP contribution is 2.27. The van der Waals surface area contributed by atoms with Gasteiger partial charge >= 0.3 is 0 Å². The van der Waals surface area contributed by atoms with Crippen molar-refractivity contribution in [3.63, 3.8) is 0 Å². The minimum atomic E-state index is -0.213. The largest absolute Gasteiger partial charge is 0.497 e. The monoisotopic (exact) mass is 380 g/mol. The van der Waals surface area contributed by atoms with E-state index in [1.807, 2.05) is 18.2 Å². The van der Waals surface area contributed by atoms with Crippen molar-refractivity contribution in [2.75, 3.05) is 12.4 Å². The smallest absolute Gasteiger partial charge is 0.257 e. The number of anilines is 1. The molecule has 3 rings (SSSR count). The number of methoxy groups -OCH3 is 1. The maximum absolute atomic E-state index is 12.2. The molecule has 1 aromatic heterocycles. The lowest BCUT2D eigenvalue weighted by atomic mass is 10.2. The Balaban J connectivity index is 0.000000855. The zero-order chi connectivity index (χ0) is 20.2. The highest BCUT2D eigenvalue weighted by atomic mass is 32.1. The number of benzene rings is 2. The zero-order valence-corrected chi connectivity index (χ0v) is 15.2. The highest BCUT2D eigenvalue weighted by Gasteiger charge is 2.10. The van der Waals surface area contributed by atoms with Crippen LogP contribution in [0.4, 0.5) is 5.13 Å². The predicted octanol–water partition coefficient (Wildman–Crippen LogP) is 3.13. The van der Waals surface area contributed by atoms with Gasteiger partial charge in [-0.2, -0.15) is 5.10 Å². The molecule has 0 unspecified atom stereocenters. The summed E-state index contributed by atoms with van der Waals surface area (Å²) in [6.07, 6.45) is 1.56. The Bertz CT molecular complexity index is 954. The van der Waals surface area contributed by atoms with Crippen molar-refractivity contribution >= 4 is 38.8 Å². The van der Waals surface area contributed by atoms with E-state index in [0.29, 0.717) is 16.4 Å². The maximum Gasteiger partial charge on any atom is 0.257 e. The van der Waals surface area contributed by atoms with Gasteiger partial charge in [0.1, 0.15) is 5.75 Å². The number of carbonyl (C=O) groups excluding carboxylic acids is 1. The van der Waals surface area contributed by atoms with Gasteiger partial charge in [0.2, 0.25) is 0 Å². The number of fused-ring (bicyclic) bond motifs is 1. The second kappa shape index (κ2) is 10.8. The Kier molecular flexibility index (Phi) is 8.45. The molecule has 1 amide bonds. The molecule has 0 aliphatic rings. The number of ether oxygens (including phenoxy) is 1. The van der Waals surface area contributed by atoms with Crippen molar-refractivity contribution in [2.45, 2.75) is 0 Å². The first-order valence-electron chi connectivity index (χ1n) is 7.30. The number of thiazole rings is 1. The number of aromatic nitrogens is 1. The van der Waals surface area contributed by atoms with Crippen LogP contribution in [-0.4, -0.2) is 24.2 Å². The van der Waals surface area contributed by atoms with Crippen LogP contribution < -0.4 is 15.9 Å². The Hall–Kier alpha value is -3.95. The number of hydrazone groups is 1. The van der Waals surface area contributed by atoms with Crippen molar-refractivity contribution in [1.29, 1.82) is 10.5 Å². The Morgan fingerprint density at radius 2 is 1.89 bits per heavy atom. The third-order valence-electron chi connectivity index (χ3n) is 3.21. The average molecular weight is 380 g/mol. The molecule has 0 fully saturated rings. The number of carbonyl (C=O) groups is 1. The minimum absolute atomic E-state index is 0.213. The molecular weight excluding hydrogens is 364 g/mol. The van der Waals surface area contributed by atoms with Crippen LogP contribution in [0, 0.1) is 23.7 Å². The summed E-state index contributed by atoms with van der Waals surface area (Å²) in [6, 6.07) is 12.6. The molecule has 0 spiro atoms. The predicted molar refractivity (Wildman–Crippen MR) is 106 cm³/mol. The van der Waals surface area contributed by atoms with E-state index in [4.69, 9.17) is 21.1 Å². The standard InChI is InChI=1S/C16H14N4O2S.2CHN/c1-22-12-5-3-11(4-6-12)15(21)20-16-19-13-7-2-10(9-18-17)8-14(13)23-16;2*1-2/h2-9H,17H2,1H3,(H,19,20,21);2*1H. The van der Waals surface area contributed by atoms with Gasteiger partial charge in [0.05, 0.1) is 23.5 Å². The van der Waals surface area contributed by atoms with Crippen LogP contribution in [0.25, 0.3) is 10.2 Å². The number of nitrogens with two attached hydrogens (primary N) is 1. The molecule has 3 N–H and O–H groups in total. The van der Waals surface area contributed by atoms with E-state index in [2.05, 4.69) is 28.5 Å². The summed E-state index contributed by atoms with van der Waals surface area (Å²) in [5.74, 6) is 5.64. The molecule has 0 radical (unpaired) electrons. The fourth-order valence-electron chi connectivity index (χ4n) is 2.07. The van der Waals surface area contributed by atoms with Gasteiger partial charge in [-0.05, 0) is 42.0 Å². The Morgan fingerprint density at radius 3 is 2.48 bits per heavy atom. The first-order chi connectivity index (χ1) is 13.2. The molecule has 9 heteroatoms. The van der Waals surface area contributed by atoms with Gasteiger partial charge in [-0.25, -0.2) is 15.5 Å². The van der Waals surface area contributed by atoms with Crippen LogP contribution in [0.1, 0.15) is 15.9 Å². The van der Waals surface area contributed by atoms with Gasteiger partial charge in [-0.3, -0.25) is 10.1 Å². The van der Waals surface area contributed by atoms with Crippen molar-refractivity contribution in [3.05, 3.63) is 53.6 Å². The van der Waals surface area contributed by atoms with E-state index in [0.717, 1.165) is 15.8 Å². The molecule has 8 nitrogen and oxygen atoms in total. The molecule has 0 saturated carbocycles. The second-order valence-electron chi connectivity index (χ2n) is 4.71. The first kappa shape index (κ1) is 21.1. The third kappa shape index (κ3) is 5.53. The summed E-state index contributed by atoms with van der Waals surface area (Å²) < 4.78 is 6.03. The third-order valence-corrected chi connectivity index (χ3v) is 4.14. The molecule has 27 heavy (non-hydrogen) atoms. The SMILES string of the molecule is C#N.C#N.COc1ccc(C(=O)Nc2nc3ccc(C=NN)cc3s2)cc1. The van der Waals surface area contributed by atoms with Crippen molar-refractivity contribution in [3.8, 4) is 18.9 Å². The van der Waals surface area contributed by atoms with Crippen molar-refractivity contribution in [2.24, 2.45) is 10.9 Å². The normalized spacial score (nSPS) is 9.52. The number of hydrogen-bond donors (Lipinski definition) is 2. The molecular formula is C18H16N6O2S. The van der Waals surface area contributed by atoms with E-state index in [1.165, 1.54) is 11.3 Å². The Labute approximate surface area is 160 Å². The van der Waals surface area contributed by atoms with E-state index in [9.17, 15) is 4.79 Å². The lowest BCUT2D eigenvalue weighted by Gasteiger charge is -2.03. The van der Waals surface area contributed by atoms with Crippen LogP contribution in [0.2, 0.25) is 0 Å². The molecule has 3 aromatic rings. The van der Waals surface area contributed by atoms with Crippen LogP contribution in [0.5, 0.6) is 5.75 Å². The summed E-state index contributed by atoms with van der Waals surface area (Å²) in [5, 5.41) is 19.9. The van der Waals surface area contributed by atoms with Gasteiger partial charge in [-0.1, -0.05) is 17.4 Å². The second-order valence-corrected chi connectivity index (χ2v) is 5.74. The number of nitrogens with one attached hydrogen (secondary N) is 1. The van der Waals surface area contributed by atoms with Gasteiger partial charge < -0.3 is 10.6 Å². The van der Waals surface area contributed by atoms with Crippen LogP contribution >= 0.6 is 11.3 Å². The molecule has 2 aromatic carbocycles. The number of amides is 1. The fourth-order valence-corrected chi connectivity index (χ4v) is 2.98. The molecule has 136 valence electrons. The van der Waals surface area contributed by atoms with Crippen LogP contribution in [0.15, 0.2) is 47.6 Å². The molecule has 0 aliphatic carbocycles. The van der Waals surface area contributed by atoms with E-state index in [1.54, 1.807) is 37.6 Å². The van der Waals surface area contributed by atoms with Gasteiger partial charge in [-0.15, -0.1) is 0 Å². The summed E-state index contributed by atoms with van der Waals surface area (Å²) in [4.78, 5) is 16.6. The molecule has 0 bridgehead atoms. The fraction of sp³-hybridized carbons (Fsp3) is 0.0556. The summed E-state index contributed by atoms with van der Waals surface area (Å²) in [6.45, 7) is 7.00. The number of nitrogens with zero attached hydrogens (tertiary/aromatic N) is 4. The van der Waals surface area contributed by atoms with Gasteiger partial charge in [0.15, 0.2) is 5.13 Å². The topological polar surface area (TPSA) is 137 Å². The molecule has 0 atom stereocenters. The lowest BCUT2D eigenvalue weighted by molar-refractivity contribution is 0.102. The summed E-state index contributed by atoms with van der Waals surface area (Å²) in [7, 11) is 1.58. The van der Waals surface area contributed by atoms with Crippen LogP contribution in [0.3, 0.4) is 0 Å². The van der Waals surface area contributed by atoms with Crippen molar-refractivity contribution in [1.82, 2.24) is 4.98 Å². The van der Waals surface area contributed by atoms with Crippen molar-refractivity contribution < 1.29 is 9.53 Å².